The molecule has 2 fully saturated rings. The van der Waals surface area contributed by atoms with E-state index >= 15 is 0 Å². The van der Waals surface area contributed by atoms with Gasteiger partial charge in [0.15, 0.2) is 0 Å². The minimum Gasteiger partial charge on any atom is -0.465 e. The van der Waals surface area contributed by atoms with Crippen molar-refractivity contribution in [2.24, 2.45) is 11.7 Å². The Bertz CT molecular complexity index is 287. The maximum Gasteiger partial charge on any atom is 0.328 e. The molecule has 0 radical (unpaired) electrons. The fraction of sp³-hybridized carbons (Fsp3) is 0.923. The van der Waals surface area contributed by atoms with Crippen molar-refractivity contribution in [3.8, 4) is 0 Å². The van der Waals surface area contributed by atoms with E-state index in [-0.39, 0.29) is 24.6 Å². The molecule has 2 unspecified atom stereocenters. The molecular weight excluding hydrogens is 234 g/mol. The average molecular weight is 257 g/mol. The first-order chi connectivity index (χ1) is 8.66. The van der Waals surface area contributed by atoms with Crippen molar-refractivity contribution in [2.75, 3.05) is 26.4 Å². The summed E-state index contributed by atoms with van der Waals surface area (Å²) in [6, 6.07) is 0. The number of esters is 1. The van der Waals surface area contributed by atoms with Crippen molar-refractivity contribution >= 4 is 5.97 Å². The Morgan fingerprint density at radius 3 is 2.78 bits per heavy atom. The zero-order valence-electron chi connectivity index (χ0n) is 11.0. The number of carbonyl (C=O) groups is 1. The summed E-state index contributed by atoms with van der Waals surface area (Å²) < 4.78 is 16.1. The molecule has 0 aromatic rings. The smallest absolute Gasteiger partial charge is 0.328 e. The van der Waals surface area contributed by atoms with Gasteiger partial charge in [0.1, 0.15) is 5.54 Å². The monoisotopic (exact) mass is 257 g/mol. The fourth-order valence-electron chi connectivity index (χ4n) is 2.34. The molecule has 0 spiro atoms. The lowest BCUT2D eigenvalue weighted by atomic mass is 9.96. The second-order valence-electron chi connectivity index (χ2n) is 5.19. The van der Waals surface area contributed by atoms with Crippen molar-refractivity contribution in [2.45, 2.75) is 44.2 Å². The number of rotatable bonds is 7. The molecular formula is C13H23NO4. The Morgan fingerprint density at radius 1 is 1.44 bits per heavy atom. The third kappa shape index (κ3) is 3.22. The molecule has 1 aliphatic carbocycles. The molecule has 1 saturated carbocycles. The average Bonchev–Trinajstić information content (AvgIpc) is 3.09. The second kappa shape index (κ2) is 5.99. The molecule has 0 aromatic carbocycles. The highest BCUT2D eigenvalue weighted by Crippen LogP contribution is 2.39. The molecule has 0 amide bonds. The van der Waals surface area contributed by atoms with Gasteiger partial charge in [0, 0.05) is 6.61 Å². The summed E-state index contributed by atoms with van der Waals surface area (Å²) in [6.45, 7) is 3.71. The number of hydrogen-bond acceptors (Lipinski definition) is 5. The van der Waals surface area contributed by atoms with Gasteiger partial charge in [0.25, 0.3) is 0 Å². The Labute approximate surface area is 108 Å². The van der Waals surface area contributed by atoms with Gasteiger partial charge in [-0.25, -0.2) is 4.79 Å². The SMILES string of the molecule is CCOC(=O)C(N)(COCC1CCCO1)C1CC1. The minimum absolute atomic E-state index is 0.163. The van der Waals surface area contributed by atoms with Crippen LogP contribution in [0.4, 0.5) is 0 Å². The largest absolute Gasteiger partial charge is 0.465 e. The Kier molecular flexibility index (Phi) is 4.59. The zero-order valence-corrected chi connectivity index (χ0v) is 11.0. The molecule has 1 heterocycles. The topological polar surface area (TPSA) is 70.8 Å². The molecule has 104 valence electrons. The second-order valence-corrected chi connectivity index (χ2v) is 5.19. The van der Waals surface area contributed by atoms with Gasteiger partial charge in [0.05, 0.1) is 25.9 Å². The van der Waals surface area contributed by atoms with E-state index < -0.39 is 5.54 Å². The van der Waals surface area contributed by atoms with Gasteiger partial charge < -0.3 is 19.9 Å². The summed E-state index contributed by atoms with van der Waals surface area (Å²) in [6.07, 6.45) is 4.25. The van der Waals surface area contributed by atoms with Crippen molar-refractivity contribution in [3.63, 3.8) is 0 Å². The summed E-state index contributed by atoms with van der Waals surface area (Å²) in [4.78, 5) is 11.9. The van der Waals surface area contributed by atoms with E-state index in [0.717, 1.165) is 32.3 Å². The summed E-state index contributed by atoms with van der Waals surface area (Å²) in [7, 11) is 0. The van der Waals surface area contributed by atoms with E-state index in [9.17, 15) is 4.79 Å². The highest BCUT2D eigenvalue weighted by molar-refractivity contribution is 5.81. The van der Waals surface area contributed by atoms with E-state index in [1.165, 1.54) is 0 Å². The van der Waals surface area contributed by atoms with Crippen molar-refractivity contribution < 1.29 is 19.0 Å². The van der Waals surface area contributed by atoms with Gasteiger partial charge in [-0.05, 0) is 38.5 Å². The molecule has 1 saturated heterocycles. The Balaban J connectivity index is 1.79. The van der Waals surface area contributed by atoms with Crippen LogP contribution in [0.3, 0.4) is 0 Å². The zero-order chi connectivity index (χ0) is 13.0. The molecule has 5 nitrogen and oxygen atoms in total. The third-order valence-electron chi connectivity index (χ3n) is 3.63. The maximum absolute atomic E-state index is 11.9. The number of hydrogen-bond donors (Lipinski definition) is 1. The lowest BCUT2D eigenvalue weighted by Gasteiger charge is -2.27. The molecule has 2 N–H and O–H groups in total. The number of carbonyl (C=O) groups excluding carboxylic acids is 1. The van der Waals surface area contributed by atoms with Crippen LogP contribution in [0.2, 0.25) is 0 Å². The van der Waals surface area contributed by atoms with Crippen LogP contribution in [0, 0.1) is 5.92 Å². The molecule has 2 atom stereocenters. The lowest BCUT2D eigenvalue weighted by Crippen LogP contribution is -2.55. The Hall–Kier alpha value is -0.650. The normalized spacial score (nSPS) is 26.9. The first-order valence-electron chi connectivity index (χ1n) is 6.82. The van der Waals surface area contributed by atoms with Crippen molar-refractivity contribution in [1.82, 2.24) is 0 Å². The van der Waals surface area contributed by atoms with Crippen LogP contribution in [0.25, 0.3) is 0 Å². The van der Waals surface area contributed by atoms with Crippen LogP contribution in [0.5, 0.6) is 0 Å². The Morgan fingerprint density at radius 2 is 2.22 bits per heavy atom. The summed E-state index contributed by atoms with van der Waals surface area (Å²) >= 11 is 0. The highest BCUT2D eigenvalue weighted by Gasteiger charge is 2.49. The van der Waals surface area contributed by atoms with Crippen molar-refractivity contribution in [1.29, 1.82) is 0 Å². The van der Waals surface area contributed by atoms with Crippen molar-refractivity contribution in [3.05, 3.63) is 0 Å². The standard InChI is InChI=1S/C13H23NO4/c1-2-17-12(15)13(14,10-5-6-10)9-16-8-11-4-3-7-18-11/h10-11H,2-9,14H2,1H3. The maximum atomic E-state index is 11.9. The molecule has 0 aromatic heterocycles. The molecule has 2 aliphatic rings. The molecule has 1 aliphatic heterocycles. The fourth-order valence-corrected chi connectivity index (χ4v) is 2.34. The highest BCUT2D eigenvalue weighted by atomic mass is 16.5. The quantitative estimate of drug-likeness (QED) is 0.685. The summed E-state index contributed by atoms with van der Waals surface area (Å²) in [5.74, 6) is -0.124. The van der Waals surface area contributed by atoms with Gasteiger partial charge in [-0.3, -0.25) is 0 Å². The summed E-state index contributed by atoms with van der Waals surface area (Å²) in [5, 5.41) is 0. The number of ether oxygens (including phenoxy) is 3. The van der Waals surface area contributed by atoms with E-state index in [0.29, 0.717) is 13.2 Å². The van der Waals surface area contributed by atoms with Crippen LogP contribution in [-0.4, -0.2) is 44.0 Å². The van der Waals surface area contributed by atoms with Crippen LogP contribution in [-0.2, 0) is 19.0 Å². The molecule has 5 heteroatoms. The van der Waals surface area contributed by atoms with E-state index in [1.807, 2.05) is 0 Å². The van der Waals surface area contributed by atoms with E-state index in [1.54, 1.807) is 6.92 Å². The molecule has 18 heavy (non-hydrogen) atoms. The van der Waals surface area contributed by atoms with Crippen LogP contribution in [0.15, 0.2) is 0 Å². The van der Waals surface area contributed by atoms with Gasteiger partial charge in [-0.1, -0.05) is 0 Å². The van der Waals surface area contributed by atoms with Gasteiger partial charge in [-0.15, -0.1) is 0 Å². The van der Waals surface area contributed by atoms with Gasteiger partial charge in [0.2, 0.25) is 0 Å². The lowest BCUT2D eigenvalue weighted by molar-refractivity contribution is -0.154. The van der Waals surface area contributed by atoms with Gasteiger partial charge in [-0.2, -0.15) is 0 Å². The molecule has 2 rings (SSSR count). The predicted octanol–water partition coefficient (Wildman–Crippen LogP) is 0.853. The third-order valence-corrected chi connectivity index (χ3v) is 3.63. The predicted molar refractivity (Wildman–Crippen MR) is 66.1 cm³/mol. The minimum atomic E-state index is -0.964. The van der Waals surface area contributed by atoms with E-state index in [4.69, 9.17) is 19.9 Å². The first kappa shape index (κ1) is 13.8. The van der Waals surface area contributed by atoms with Crippen LogP contribution >= 0.6 is 0 Å². The van der Waals surface area contributed by atoms with Gasteiger partial charge >= 0.3 is 5.97 Å². The molecule has 0 bridgehead atoms. The van der Waals surface area contributed by atoms with Crippen LogP contribution < -0.4 is 5.73 Å². The van der Waals surface area contributed by atoms with Crippen LogP contribution in [0.1, 0.15) is 32.6 Å². The van der Waals surface area contributed by atoms with E-state index in [2.05, 4.69) is 0 Å². The summed E-state index contributed by atoms with van der Waals surface area (Å²) in [5.41, 5.74) is 5.21. The number of nitrogens with two attached hydrogens (primary N) is 1. The first-order valence-corrected chi connectivity index (χ1v) is 6.82.